The van der Waals surface area contributed by atoms with Crippen molar-refractivity contribution >= 4 is 10.0 Å². The van der Waals surface area contributed by atoms with E-state index in [9.17, 15) is 8.42 Å². The Balaban J connectivity index is 2.21. The minimum Gasteiger partial charge on any atom is -0.497 e. The Morgan fingerprint density at radius 1 is 1.32 bits per heavy atom. The third-order valence-corrected chi connectivity index (χ3v) is 5.03. The molecule has 1 N–H and O–H groups in total. The van der Waals surface area contributed by atoms with Crippen molar-refractivity contribution in [2.75, 3.05) is 7.11 Å². The lowest BCUT2D eigenvalue weighted by atomic mass is 10.1. The Hall–Kier alpha value is -1.86. The Kier molecular flexibility index (Phi) is 4.87. The highest BCUT2D eigenvalue weighted by Crippen LogP contribution is 2.21. The fourth-order valence-corrected chi connectivity index (χ4v) is 3.46. The molecule has 22 heavy (non-hydrogen) atoms. The van der Waals surface area contributed by atoms with Crippen molar-refractivity contribution in [3.05, 3.63) is 41.7 Å². The van der Waals surface area contributed by atoms with E-state index in [1.807, 2.05) is 27.0 Å². The van der Waals surface area contributed by atoms with Gasteiger partial charge in [0.05, 0.1) is 17.7 Å². The van der Waals surface area contributed by atoms with Crippen molar-refractivity contribution in [3.63, 3.8) is 0 Å². The van der Waals surface area contributed by atoms with Crippen molar-refractivity contribution < 1.29 is 13.2 Å². The summed E-state index contributed by atoms with van der Waals surface area (Å²) >= 11 is 0. The maximum absolute atomic E-state index is 12.4. The number of aryl methyl sites for hydroxylation is 2. The van der Waals surface area contributed by atoms with E-state index in [1.54, 1.807) is 16.8 Å². The molecule has 1 unspecified atom stereocenters. The van der Waals surface area contributed by atoms with E-state index >= 15 is 0 Å². The number of rotatable bonds is 6. The zero-order valence-corrected chi connectivity index (χ0v) is 14.0. The monoisotopic (exact) mass is 323 g/mol. The van der Waals surface area contributed by atoms with Crippen LogP contribution in [0.3, 0.4) is 0 Å². The minimum absolute atomic E-state index is 0.209. The lowest BCUT2D eigenvalue weighted by molar-refractivity contribution is 0.414. The summed E-state index contributed by atoms with van der Waals surface area (Å²) in [6.45, 7) is 6.42. The van der Waals surface area contributed by atoms with E-state index < -0.39 is 10.0 Å². The Morgan fingerprint density at radius 2 is 1.95 bits per heavy atom. The van der Waals surface area contributed by atoms with Gasteiger partial charge < -0.3 is 4.74 Å². The normalized spacial score (nSPS) is 13.1. The van der Waals surface area contributed by atoms with E-state index in [2.05, 4.69) is 9.82 Å². The number of ether oxygens (including phenoxy) is 1. The molecule has 0 aliphatic rings. The second-order valence-electron chi connectivity index (χ2n) is 5.04. The molecule has 1 atom stereocenters. The van der Waals surface area contributed by atoms with Gasteiger partial charge in [0, 0.05) is 24.3 Å². The van der Waals surface area contributed by atoms with E-state index in [-0.39, 0.29) is 10.9 Å². The minimum atomic E-state index is -3.59. The number of methoxy groups -OCH3 is 1. The molecular formula is C15H21N3O3S. The standard InChI is InChI=1S/C15H21N3O3S/c1-5-18-10-15(11(2)16-18)12(3)17-22(19,20)14-8-6-13(21-4)7-9-14/h6-10,12,17H,5H2,1-4H3. The van der Waals surface area contributed by atoms with Crippen LogP contribution in [0.2, 0.25) is 0 Å². The van der Waals surface area contributed by atoms with Crippen LogP contribution in [0.15, 0.2) is 35.4 Å². The van der Waals surface area contributed by atoms with Gasteiger partial charge in [-0.15, -0.1) is 0 Å². The van der Waals surface area contributed by atoms with Gasteiger partial charge in [-0.25, -0.2) is 13.1 Å². The molecule has 6 nitrogen and oxygen atoms in total. The molecule has 0 fully saturated rings. The number of nitrogens with one attached hydrogen (secondary N) is 1. The van der Waals surface area contributed by atoms with Crippen LogP contribution in [0.25, 0.3) is 0 Å². The summed E-state index contributed by atoms with van der Waals surface area (Å²) in [6.07, 6.45) is 1.87. The number of sulfonamides is 1. The fraction of sp³-hybridized carbons (Fsp3) is 0.400. The molecule has 0 spiro atoms. The summed E-state index contributed by atoms with van der Waals surface area (Å²) in [5, 5.41) is 4.34. The molecule has 0 bridgehead atoms. The van der Waals surface area contributed by atoms with Crippen molar-refractivity contribution in [1.29, 1.82) is 0 Å². The first-order chi connectivity index (χ1) is 10.4. The van der Waals surface area contributed by atoms with Gasteiger partial charge >= 0.3 is 0 Å². The third kappa shape index (κ3) is 3.48. The van der Waals surface area contributed by atoms with Gasteiger partial charge in [-0.3, -0.25) is 4.68 Å². The highest BCUT2D eigenvalue weighted by atomic mass is 32.2. The molecule has 0 saturated carbocycles. The summed E-state index contributed by atoms with van der Waals surface area (Å²) in [5.74, 6) is 0.618. The molecule has 1 heterocycles. The second kappa shape index (κ2) is 6.50. The van der Waals surface area contributed by atoms with E-state index in [0.717, 1.165) is 17.8 Å². The van der Waals surface area contributed by atoms with Crippen molar-refractivity contribution in [3.8, 4) is 5.75 Å². The topological polar surface area (TPSA) is 73.2 Å². The largest absolute Gasteiger partial charge is 0.497 e. The summed E-state index contributed by atoms with van der Waals surface area (Å²) < 4.78 is 34.4. The predicted molar refractivity (Wildman–Crippen MR) is 84.4 cm³/mol. The zero-order chi connectivity index (χ0) is 16.3. The number of nitrogens with zero attached hydrogens (tertiary/aromatic N) is 2. The van der Waals surface area contributed by atoms with Crippen LogP contribution in [0, 0.1) is 6.92 Å². The molecule has 120 valence electrons. The number of benzene rings is 1. The summed E-state index contributed by atoms with van der Waals surface area (Å²) in [5.41, 5.74) is 1.70. The van der Waals surface area contributed by atoms with Gasteiger partial charge in [0.25, 0.3) is 0 Å². The van der Waals surface area contributed by atoms with Crippen LogP contribution < -0.4 is 9.46 Å². The van der Waals surface area contributed by atoms with Gasteiger partial charge in [-0.1, -0.05) is 0 Å². The molecule has 7 heteroatoms. The van der Waals surface area contributed by atoms with E-state index in [4.69, 9.17) is 4.74 Å². The lowest BCUT2D eigenvalue weighted by Crippen LogP contribution is -2.27. The number of hydrogen-bond donors (Lipinski definition) is 1. The lowest BCUT2D eigenvalue weighted by Gasteiger charge is -2.14. The van der Waals surface area contributed by atoms with Crippen molar-refractivity contribution in [2.45, 2.75) is 38.3 Å². The highest BCUT2D eigenvalue weighted by molar-refractivity contribution is 7.89. The van der Waals surface area contributed by atoms with Crippen molar-refractivity contribution in [1.82, 2.24) is 14.5 Å². The molecule has 0 aliphatic heterocycles. The molecular weight excluding hydrogens is 302 g/mol. The maximum atomic E-state index is 12.4. The Morgan fingerprint density at radius 3 is 2.45 bits per heavy atom. The average Bonchev–Trinajstić information content (AvgIpc) is 2.88. The van der Waals surface area contributed by atoms with Gasteiger partial charge in [0.1, 0.15) is 5.75 Å². The van der Waals surface area contributed by atoms with Crippen molar-refractivity contribution in [2.24, 2.45) is 0 Å². The molecule has 0 amide bonds. The smallest absolute Gasteiger partial charge is 0.241 e. The Bertz CT molecular complexity index is 736. The molecule has 0 saturated heterocycles. The first-order valence-electron chi connectivity index (χ1n) is 7.07. The molecule has 0 aliphatic carbocycles. The number of hydrogen-bond acceptors (Lipinski definition) is 4. The third-order valence-electron chi connectivity index (χ3n) is 3.48. The van der Waals surface area contributed by atoms with Crippen LogP contribution in [0.4, 0.5) is 0 Å². The molecule has 1 aromatic heterocycles. The van der Waals surface area contributed by atoms with E-state index in [1.165, 1.54) is 19.2 Å². The fourth-order valence-electron chi connectivity index (χ4n) is 2.24. The van der Waals surface area contributed by atoms with Crippen LogP contribution >= 0.6 is 0 Å². The second-order valence-corrected chi connectivity index (χ2v) is 6.76. The summed E-state index contributed by atoms with van der Waals surface area (Å²) in [7, 11) is -2.05. The highest BCUT2D eigenvalue weighted by Gasteiger charge is 2.21. The van der Waals surface area contributed by atoms with Gasteiger partial charge in [0.2, 0.25) is 10.0 Å². The van der Waals surface area contributed by atoms with Gasteiger partial charge in [-0.2, -0.15) is 5.10 Å². The maximum Gasteiger partial charge on any atom is 0.241 e. The first-order valence-corrected chi connectivity index (χ1v) is 8.56. The molecule has 1 aromatic carbocycles. The zero-order valence-electron chi connectivity index (χ0n) is 13.2. The predicted octanol–water partition coefficient (Wildman–Crippen LogP) is 2.26. The van der Waals surface area contributed by atoms with Crippen LogP contribution in [0.1, 0.15) is 31.1 Å². The number of aromatic nitrogens is 2. The van der Waals surface area contributed by atoms with Crippen LogP contribution in [-0.2, 0) is 16.6 Å². The van der Waals surface area contributed by atoms with Crippen LogP contribution in [0.5, 0.6) is 5.75 Å². The van der Waals surface area contributed by atoms with Crippen LogP contribution in [-0.4, -0.2) is 25.3 Å². The van der Waals surface area contributed by atoms with E-state index in [0.29, 0.717) is 5.75 Å². The first kappa shape index (κ1) is 16.5. The average molecular weight is 323 g/mol. The SMILES string of the molecule is CCn1cc(C(C)NS(=O)(=O)c2ccc(OC)cc2)c(C)n1. The quantitative estimate of drug-likeness (QED) is 0.885. The van der Waals surface area contributed by atoms with Gasteiger partial charge in [0.15, 0.2) is 0 Å². The summed E-state index contributed by atoms with van der Waals surface area (Å²) in [4.78, 5) is 0.209. The molecule has 2 rings (SSSR count). The molecule has 0 radical (unpaired) electrons. The molecule has 2 aromatic rings. The van der Waals surface area contributed by atoms with Gasteiger partial charge in [-0.05, 0) is 45.0 Å². The summed E-state index contributed by atoms with van der Waals surface area (Å²) in [6, 6.07) is 5.94. The Labute approximate surface area is 131 Å².